The molecule has 8 nitrogen and oxygen atoms in total. The molecule has 1 saturated heterocycles. The number of imidazole rings is 1. The van der Waals surface area contributed by atoms with Gasteiger partial charge in [0, 0.05) is 47.2 Å². The van der Waals surface area contributed by atoms with Crippen LogP contribution in [0.5, 0.6) is 0 Å². The van der Waals surface area contributed by atoms with Gasteiger partial charge in [-0.25, -0.2) is 9.19 Å². The Balaban J connectivity index is 2.13. The average Bonchev–Trinajstić information content (AvgIpc) is 2.92. The first kappa shape index (κ1) is 16.8. The van der Waals surface area contributed by atoms with Gasteiger partial charge in [0.05, 0.1) is 19.3 Å². The predicted octanol–water partition coefficient (Wildman–Crippen LogP) is 1.55. The Morgan fingerprint density at radius 3 is 2.79 bits per heavy atom. The summed E-state index contributed by atoms with van der Waals surface area (Å²) in [6, 6.07) is 1.98. The summed E-state index contributed by atoms with van der Waals surface area (Å²) in [6.45, 7) is 6.01. The van der Waals surface area contributed by atoms with Gasteiger partial charge in [0.2, 0.25) is 5.95 Å². The molecule has 0 N–H and O–H groups in total. The third-order valence-electron chi connectivity index (χ3n) is 3.70. The number of ether oxygens (including phenoxy) is 1. The number of hydrogen-bond donors (Lipinski definition) is 0. The molecule has 24 heavy (non-hydrogen) atoms. The van der Waals surface area contributed by atoms with E-state index in [0.29, 0.717) is 25.0 Å². The average molecular weight is 350 g/mol. The van der Waals surface area contributed by atoms with Crippen molar-refractivity contribution in [3.63, 3.8) is 0 Å². The second-order valence-corrected chi connectivity index (χ2v) is 8.66. The number of hydrogen-bond acceptors (Lipinski definition) is 7. The summed E-state index contributed by atoms with van der Waals surface area (Å²) in [5.41, 5.74) is 0. The van der Waals surface area contributed by atoms with Gasteiger partial charge in [0.15, 0.2) is 5.82 Å². The second-order valence-electron chi connectivity index (χ2n) is 6.12. The van der Waals surface area contributed by atoms with Crippen LogP contribution in [0.2, 0.25) is 0 Å². The van der Waals surface area contributed by atoms with Crippen molar-refractivity contribution in [2.45, 2.75) is 19.9 Å². The Labute approximate surface area is 142 Å². The fraction of sp³-hybridized carbons (Fsp3) is 0.533. The number of rotatable bonds is 3. The Kier molecular flexibility index (Phi) is 4.55. The standard InChI is InChI=1S/C15H22N6O2S/c1-11-10-23-8-7-20(11)14-9-13(19-24(3,4)22)17-15(18-14)21-6-5-16-12(21)2/h5-6,9,11H,7-8,10H2,1-4H3/t11-/m1/s1. The highest BCUT2D eigenvalue weighted by Gasteiger charge is 2.22. The summed E-state index contributed by atoms with van der Waals surface area (Å²) >= 11 is 0. The van der Waals surface area contributed by atoms with E-state index in [1.807, 2.05) is 6.92 Å². The van der Waals surface area contributed by atoms with Crippen LogP contribution in [0.25, 0.3) is 5.95 Å². The van der Waals surface area contributed by atoms with Crippen LogP contribution in [0.3, 0.4) is 0 Å². The lowest BCUT2D eigenvalue weighted by molar-refractivity contribution is 0.0985. The highest BCUT2D eigenvalue weighted by atomic mass is 32.2. The van der Waals surface area contributed by atoms with Crippen molar-refractivity contribution >= 4 is 21.4 Å². The molecule has 0 bridgehead atoms. The molecule has 1 aliphatic heterocycles. The summed E-state index contributed by atoms with van der Waals surface area (Å²) in [7, 11) is -2.32. The SMILES string of the molecule is Cc1nccn1-c1nc(N=S(C)(C)=O)cc(N2CCOC[C@H]2C)n1. The van der Waals surface area contributed by atoms with Crippen molar-refractivity contribution in [1.82, 2.24) is 19.5 Å². The van der Waals surface area contributed by atoms with Gasteiger partial charge in [-0.3, -0.25) is 4.57 Å². The molecule has 0 spiro atoms. The van der Waals surface area contributed by atoms with Crippen LogP contribution < -0.4 is 4.90 Å². The van der Waals surface area contributed by atoms with Crippen LogP contribution >= 0.6 is 0 Å². The van der Waals surface area contributed by atoms with E-state index in [9.17, 15) is 4.21 Å². The number of nitrogens with zero attached hydrogens (tertiary/aromatic N) is 6. The smallest absolute Gasteiger partial charge is 0.239 e. The van der Waals surface area contributed by atoms with E-state index >= 15 is 0 Å². The first-order valence-corrected chi connectivity index (χ1v) is 10.1. The summed E-state index contributed by atoms with van der Waals surface area (Å²) in [5, 5.41) is 0. The van der Waals surface area contributed by atoms with Gasteiger partial charge in [-0.2, -0.15) is 14.3 Å². The van der Waals surface area contributed by atoms with E-state index < -0.39 is 9.73 Å². The largest absolute Gasteiger partial charge is 0.377 e. The lowest BCUT2D eigenvalue weighted by Crippen LogP contribution is -2.44. The summed E-state index contributed by atoms with van der Waals surface area (Å²) < 4.78 is 23.6. The molecular formula is C15H22N6O2S. The molecule has 0 aliphatic carbocycles. The van der Waals surface area contributed by atoms with Gasteiger partial charge >= 0.3 is 0 Å². The quantitative estimate of drug-likeness (QED) is 0.835. The van der Waals surface area contributed by atoms with Gasteiger partial charge in [-0.05, 0) is 13.8 Å². The molecular weight excluding hydrogens is 328 g/mol. The number of anilines is 1. The highest BCUT2D eigenvalue weighted by molar-refractivity contribution is 7.92. The molecule has 1 fully saturated rings. The van der Waals surface area contributed by atoms with E-state index in [2.05, 4.69) is 31.1 Å². The molecule has 1 atom stereocenters. The lowest BCUT2D eigenvalue weighted by atomic mass is 10.2. The second kappa shape index (κ2) is 6.48. The van der Waals surface area contributed by atoms with Crippen molar-refractivity contribution in [3.8, 4) is 5.95 Å². The molecule has 0 saturated carbocycles. The van der Waals surface area contributed by atoms with Crippen molar-refractivity contribution < 1.29 is 8.95 Å². The maximum atomic E-state index is 12.1. The molecule has 130 valence electrons. The third kappa shape index (κ3) is 3.73. The van der Waals surface area contributed by atoms with Crippen molar-refractivity contribution in [2.24, 2.45) is 4.36 Å². The van der Waals surface area contributed by atoms with Crippen LogP contribution in [0.1, 0.15) is 12.7 Å². The maximum Gasteiger partial charge on any atom is 0.239 e. The topological polar surface area (TPSA) is 85.5 Å². The monoisotopic (exact) mass is 350 g/mol. The molecule has 2 aromatic heterocycles. The van der Waals surface area contributed by atoms with Gasteiger partial charge in [-0.15, -0.1) is 0 Å². The number of aromatic nitrogens is 4. The molecule has 0 radical (unpaired) electrons. The number of morpholine rings is 1. The Morgan fingerprint density at radius 2 is 2.17 bits per heavy atom. The van der Waals surface area contributed by atoms with Crippen LogP contribution in [0.4, 0.5) is 11.6 Å². The molecule has 2 aromatic rings. The van der Waals surface area contributed by atoms with Crippen molar-refractivity contribution in [1.29, 1.82) is 0 Å². The summed E-state index contributed by atoms with van der Waals surface area (Å²) in [6.07, 6.45) is 6.68. The van der Waals surface area contributed by atoms with E-state index in [-0.39, 0.29) is 6.04 Å². The van der Waals surface area contributed by atoms with Crippen molar-refractivity contribution in [3.05, 3.63) is 24.3 Å². The zero-order valence-corrected chi connectivity index (χ0v) is 15.2. The predicted molar refractivity (Wildman–Crippen MR) is 93.6 cm³/mol. The van der Waals surface area contributed by atoms with Gasteiger partial charge < -0.3 is 9.64 Å². The molecule has 9 heteroatoms. The molecule has 0 unspecified atom stereocenters. The fourth-order valence-electron chi connectivity index (χ4n) is 2.59. The normalized spacial score (nSPS) is 18.7. The molecule has 0 aromatic carbocycles. The van der Waals surface area contributed by atoms with Crippen molar-refractivity contribution in [2.75, 3.05) is 37.2 Å². The minimum atomic E-state index is -2.32. The van der Waals surface area contributed by atoms with E-state index in [1.54, 1.807) is 35.5 Å². The molecule has 0 amide bonds. The lowest BCUT2D eigenvalue weighted by Gasteiger charge is -2.34. The fourth-order valence-corrected chi connectivity index (χ4v) is 3.14. The molecule has 3 rings (SSSR count). The van der Waals surface area contributed by atoms with E-state index in [0.717, 1.165) is 18.2 Å². The Morgan fingerprint density at radius 1 is 1.38 bits per heavy atom. The van der Waals surface area contributed by atoms with Gasteiger partial charge in [-0.1, -0.05) is 0 Å². The zero-order valence-electron chi connectivity index (χ0n) is 14.3. The first-order chi connectivity index (χ1) is 11.3. The Bertz CT molecular complexity index is 847. The molecule has 1 aliphatic rings. The van der Waals surface area contributed by atoms with Crippen LogP contribution in [-0.2, 0) is 14.5 Å². The van der Waals surface area contributed by atoms with Crippen LogP contribution in [0.15, 0.2) is 22.8 Å². The maximum absolute atomic E-state index is 12.1. The summed E-state index contributed by atoms with van der Waals surface area (Å²) in [5.74, 6) is 2.42. The minimum absolute atomic E-state index is 0.200. The van der Waals surface area contributed by atoms with Gasteiger partial charge in [0.1, 0.15) is 11.6 Å². The van der Waals surface area contributed by atoms with E-state index in [4.69, 9.17) is 4.74 Å². The number of aryl methyl sites for hydroxylation is 1. The Hall–Kier alpha value is -2.00. The zero-order chi connectivity index (χ0) is 17.3. The highest BCUT2D eigenvalue weighted by Crippen LogP contribution is 2.24. The van der Waals surface area contributed by atoms with Crippen LogP contribution in [-0.4, -0.2) is 62.0 Å². The van der Waals surface area contributed by atoms with Gasteiger partial charge in [0.25, 0.3) is 0 Å². The first-order valence-electron chi connectivity index (χ1n) is 7.74. The van der Waals surface area contributed by atoms with E-state index in [1.165, 1.54) is 0 Å². The molecule has 3 heterocycles. The third-order valence-corrected chi connectivity index (χ3v) is 4.33. The summed E-state index contributed by atoms with van der Waals surface area (Å²) in [4.78, 5) is 15.5. The minimum Gasteiger partial charge on any atom is -0.377 e. The van der Waals surface area contributed by atoms with Crippen LogP contribution in [0, 0.1) is 6.92 Å².